The first-order valence-electron chi connectivity index (χ1n) is 4.48. The number of hydrogen-bond donors (Lipinski definition) is 1. The van der Waals surface area contributed by atoms with Crippen LogP contribution >= 0.6 is 0 Å². The van der Waals surface area contributed by atoms with Gasteiger partial charge in [-0.25, -0.2) is 0 Å². The van der Waals surface area contributed by atoms with E-state index in [-0.39, 0.29) is 6.04 Å². The summed E-state index contributed by atoms with van der Waals surface area (Å²) in [6.45, 7) is 2.01. The maximum Gasteiger partial charge on any atom is 0.134 e. The highest BCUT2D eigenvalue weighted by Gasteiger charge is 2.04. The fourth-order valence-electron chi connectivity index (χ4n) is 1.58. The van der Waals surface area contributed by atoms with Crippen LogP contribution in [-0.4, -0.2) is 6.04 Å². The summed E-state index contributed by atoms with van der Waals surface area (Å²) in [5.41, 5.74) is 7.96. The molecule has 0 bridgehead atoms. The fourth-order valence-corrected chi connectivity index (χ4v) is 1.58. The largest absolute Gasteiger partial charge is 0.464 e. The Labute approximate surface area is 77.3 Å². The highest BCUT2D eigenvalue weighted by atomic mass is 16.3. The third-order valence-corrected chi connectivity index (χ3v) is 2.13. The molecule has 0 saturated heterocycles. The van der Waals surface area contributed by atoms with Crippen molar-refractivity contribution in [3.63, 3.8) is 0 Å². The molecule has 2 N–H and O–H groups in total. The Morgan fingerprint density at radius 3 is 3.00 bits per heavy atom. The maximum atomic E-state index is 5.75. The summed E-state index contributed by atoms with van der Waals surface area (Å²) in [6.07, 6.45) is 2.62. The van der Waals surface area contributed by atoms with E-state index in [0.29, 0.717) is 0 Å². The van der Waals surface area contributed by atoms with Gasteiger partial charge in [0.15, 0.2) is 0 Å². The minimum atomic E-state index is 0.195. The molecule has 1 aromatic heterocycles. The van der Waals surface area contributed by atoms with Crippen LogP contribution in [0.2, 0.25) is 0 Å². The summed E-state index contributed by atoms with van der Waals surface area (Å²) in [7, 11) is 0. The zero-order valence-corrected chi connectivity index (χ0v) is 7.66. The van der Waals surface area contributed by atoms with Crippen LogP contribution in [0.5, 0.6) is 0 Å². The van der Waals surface area contributed by atoms with E-state index in [1.807, 2.05) is 25.1 Å². The van der Waals surface area contributed by atoms with E-state index in [9.17, 15) is 0 Å². The minimum absolute atomic E-state index is 0.195. The normalized spacial score (nSPS) is 13.4. The van der Waals surface area contributed by atoms with E-state index in [1.54, 1.807) is 6.26 Å². The van der Waals surface area contributed by atoms with E-state index in [4.69, 9.17) is 10.2 Å². The molecule has 68 valence electrons. The van der Waals surface area contributed by atoms with Crippen LogP contribution < -0.4 is 5.73 Å². The molecule has 0 radical (unpaired) electrons. The molecule has 0 unspecified atom stereocenters. The molecule has 0 saturated carbocycles. The van der Waals surface area contributed by atoms with E-state index in [0.717, 1.165) is 12.0 Å². The monoisotopic (exact) mass is 175 g/mol. The van der Waals surface area contributed by atoms with Crippen molar-refractivity contribution in [1.29, 1.82) is 0 Å². The Hall–Kier alpha value is -1.28. The number of hydrogen-bond acceptors (Lipinski definition) is 2. The Kier molecular flexibility index (Phi) is 2.07. The number of rotatable bonds is 2. The lowest BCUT2D eigenvalue weighted by molar-refractivity contribution is 0.615. The van der Waals surface area contributed by atoms with Crippen molar-refractivity contribution in [3.05, 3.63) is 36.1 Å². The van der Waals surface area contributed by atoms with Crippen molar-refractivity contribution in [2.75, 3.05) is 0 Å². The Morgan fingerprint density at radius 1 is 1.38 bits per heavy atom. The number of benzene rings is 1. The third kappa shape index (κ3) is 1.58. The van der Waals surface area contributed by atoms with Gasteiger partial charge in [-0.15, -0.1) is 0 Å². The molecule has 13 heavy (non-hydrogen) atoms. The Morgan fingerprint density at radius 2 is 2.23 bits per heavy atom. The fraction of sp³-hybridized carbons (Fsp3) is 0.273. The average molecular weight is 175 g/mol. The first kappa shape index (κ1) is 8.32. The average Bonchev–Trinajstić information content (AvgIpc) is 2.51. The van der Waals surface area contributed by atoms with Gasteiger partial charge in [0.2, 0.25) is 0 Å². The van der Waals surface area contributed by atoms with Gasteiger partial charge in [0.05, 0.1) is 6.26 Å². The van der Waals surface area contributed by atoms with Crippen molar-refractivity contribution >= 4 is 11.0 Å². The second-order valence-electron chi connectivity index (χ2n) is 3.43. The molecule has 0 fully saturated rings. The standard InChI is InChI=1S/C11H13NO/c1-8(12)7-9-3-2-4-11-10(9)5-6-13-11/h2-6,8H,7,12H2,1H3/t8-/m0/s1. The van der Waals surface area contributed by atoms with Crippen molar-refractivity contribution in [1.82, 2.24) is 0 Å². The van der Waals surface area contributed by atoms with E-state index >= 15 is 0 Å². The summed E-state index contributed by atoms with van der Waals surface area (Å²) in [5, 5.41) is 1.18. The maximum absolute atomic E-state index is 5.75. The molecule has 0 amide bonds. The van der Waals surface area contributed by atoms with E-state index in [2.05, 4.69) is 6.07 Å². The highest BCUT2D eigenvalue weighted by molar-refractivity contribution is 5.80. The minimum Gasteiger partial charge on any atom is -0.464 e. The van der Waals surface area contributed by atoms with Crippen LogP contribution in [0.1, 0.15) is 12.5 Å². The molecule has 0 aliphatic heterocycles. The summed E-state index contributed by atoms with van der Waals surface area (Å²) in [6, 6.07) is 8.26. The van der Waals surface area contributed by atoms with Crippen molar-refractivity contribution in [2.45, 2.75) is 19.4 Å². The van der Waals surface area contributed by atoms with Gasteiger partial charge in [-0.05, 0) is 31.0 Å². The molecule has 1 heterocycles. The molecule has 2 rings (SSSR count). The molecule has 0 aliphatic carbocycles. The van der Waals surface area contributed by atoms with Gasteiger partial charge in [0, 0.05) is 11.4 Å². The predicted octanol–water partition coefficient (Wildman–Crippen LogP) is 2.32. The lowest BCUT2D eigenvalue weighted by Crippen LogP contribution is -2.17. The lowest BCUT2D eigenvalue weighted by atomic mass is 10.0. The van der Waals surface area contributed by atoms with Gasteiger partial charge in [0.25, 0.3) is 0 Å². The summed E-state index contributed by atoms with van der Waals surface area (Å²) < 4.78 is 5.30. The van der Waals surface area contributed by atoms with E-state index < -0.39 is 0 Å². The molecule has 2 nitrogen and oxygen atoms in total. The van der Waals surface area contributed by atoms with Gasteiger partial charge in [-0.1, -0.05) is 12.1 Å². The van der Waals surface area contributed by atoms with Crippen LogP contribution in [0.25, 0.3) is 11.0 Å². The third-order valence-electron chi connectivity index (χ3n) is 2.13. The summed E-state index contributed by atoms with van der Waals surface area (Å²) >= 11 is 0. The zero-order valence-electron chi connectivity index (χ0n) is 7.66. The molecule has 2 aromatic rings. The first-order chi connectivity index (χ1) is 6.27. The SMILES string of the molecule is C[C@H](N)Cc1cccc2occc12. The van der Waals surface area contributed by atoms with Crippen molar-refractivity contribution < 1.29 is 4.42 Å². The topological polar surface area (TPSA) is 39.2 Å². The second kappa shape index (κ2) is 3.23. The van der Waals surface area contributed by atoms with Crippen LogP contribution in [0.3, 0.4) is 0 Å². The smallest absolute Gasteiger partial charge is 0.134 e. The number of furan rings is 1. The molecule has 1 atom stereocenters. The number of fused-ring (bicyclic) bond motifs is 1. The molecule has 2 heteroatoms. The highest BCUT2D eigenvalue weighted by Crippen LogP contribution is 2.20. The van der Waals surface area contributed by atoms with Gasteiger partial charge in [0.1, 0.15) is 5.58 Å². The van der Waals surface area contributed by atoms with E-state index in [1.165, 1.54) is 10.9 Å². The van der Waals surface area contributed by atoms with Crippen LogP contribution in [-0.2, 0) is 6.42 Å². The van der Waals surface area contributed by atoms with Gasteiger partial charge in [-0.3, -0.25) is 0 Å². The molecule has 0 aliphatic rings. The van der Waals surface area contributed by atoms with Crippen LogP contribution in [0, 0.1) is 0 Å². The van der Waals surface area contributed by atoms with Crippen LogP contribution in [0.15, 0.2) is 34.9 Å². The van der Waals surface area contributed by atoms with Gasteiger partial charge in [-0.2, -0.15) is 0 Å². The van der Waals surface area contributed by atoms with Crippen LogP contribution in [0.4, 0.5) is 0 Å². The summed E-state index contributed by atoms with van der Waals surface area (Å²) in [4.78, 5) is 0. The second-order valence-corrected chi connectivity index (χ2v) is 3.43. The summed E-state index contributed by atoms with van der Waals surface area (Å²) in [5.74, 6) is 0. The number of nitrogens with two attached hydrogens (primary N) is 1. The Balaban J connectivity index is 2.48. The quantitative estimate of drug-likeness (QED) is 0.760. The van der Waals surface area contributed by atoms with Gasteiger partial charge >= 0.3 is 0 Å². The molecular formula is C11H13NO. The molecular weight excluding hydrogens is 162 g/mol. The zero-order chi connectivity index (χ0) is 9.26. The lowest BCUT2D eigenvalue weighted by Gasteiger charge is -2.05. The molecule has 1 aromatic carbocycles. The first-order valence-corrected chi connectivity index (χ1v) is 4.48. The van der Waals surface area contributed by atoms with Crippen molar-refractivity contribution in [3.8, 4) is 0 Å². The van der Waals surface area contributed by atoms with Crippen molar-refractivity contribution in [2.24, 2.45) is 5.73 Å². The Bertz CT molecular complexity index is 403. The molecule has 0 spiro atoms. The van der Waals surface area contributed by atoms with Gasteiger partial charge < -0.3 is 10.2 Å². The predicted molar refractivity (Wildman–Crippen MR) is 53.6 cm³/mol.